The normalized spacial score (nSPS) is 19.0. The van der Waals surface area contributed by atoms with Crippen molar-refractivity contribution in [3.63, 3.8) is 0 Å². The molecule has 0 fully saturated rings. The predicted octanol–water partition coefficient (Wildman–Crippen LogP) is 4.86. The molecule has 21 heavy (non-hydrogen) atoms. The van der Waals surface area contributed by atoms with Gasteiger partial charge in [-0.1, -0.05) is 31.2 Å². The topological polar surface area (TPSA) is 26.3 Å². The zero-order valence-electron chi connectivity index (χ0n) is 14.0. The van der Waals surface area contributed by atoms with E-state index in [2.05, 4.69) is 38.1 Å². The molecule has 0 aromatic heterocycles. The van der Waals surface area contributed by atoms with E-state index in [-0.39, 0.29) is 5.97 Å². The molecule has 0 N–H and O–H groups in total. The van der Waals surface area contributed by atoms with Gasteiger partial charge < -0.3 is 4.74 Å². The minimum atomic E-state index is -0.458. The van der Waals surface area contributed by atoms with Crippen molar-refractivity contribution in [1.82, 2.24) is 0 Å². The molecule has 1 atom stereocenters. The Hall–Kier alpha value is -1.31. The molecule has 1 unspecified atom stereocenters. The first kappa shape index (κ1) is 16.1. The lowest BCUT2D eigenvalue weighted by Crippen LogP contribution is -2.40. The van der Waals surface area contributed by atoms with Gasteiger partial charge in [0.25, 0.3) is 0 Å². The summed E-state index contributed by atoms with van der Waals surface area (Å²) in [7, 11) is 0. The summed E-state index contributed by atoms with van der Waals surface area (Å²) in [6, 6.07) is 8.58. The maximum atomic E-state index is 12.4. The van der Waals surface area contributed by atoms with Crippen molar-refractivity contribution < 1.29 is 9.53 Å². The summed E-state index contributed by atoms with van der Waals surface area (Å²) < 4.78 is 5.95. The predicted molar refractivity (Wildman–Crippen MR) is 86.4 cm³/mol. The van der Waals surface area contributed by atoms with Crippen LogP contribution in [0.3, 0.4) is 0 Å². The zero-order valence-corrected chi connectivity index (χ0v) is 14.0. The molecule has 2 nitrogen and oxygen atoms in total. The zero-order chi connectivity index (χ0) is 15.7. The second-order valence-corrected chi connectivity index (χ2v) is 7.37. The summed E-state index contributed by atoms with van der Waals surface area (Å²) >= 11 is 0. The number of carbonyl (C=O) groups is 1. The van der Waals surface area contributed by atoms with Crippen LogP contribution in [0.5, 0.6) is 0 Å². The smallest absolute Gasteiger partial charge is 0.312 e. The van der Waals surface area contributed by atoms with Gasteiger partial charge in [-0.05, 0) is 64.5 Å². The van der Waals surface area contributed by atoms with Crippen molar-refractivity contribution >= 4 is 5.97 Å². The Morgan fingerprint density at radius 3 is 2.57 bits per heavy atom. The number of esters is 1. The van der Waals surface area contributed by atoms with Crippen LogP contribution in [0.15, 0.2) is 24.3 Å². The number of carbonyl (C=O) groups excluding carboxylic acids is 1. The fourth-order valence-corrected chi connectivity index (χ4v) is 3.07. The second kappa shape index (κ2) is 5.82. The SMILES string of the molecule is CCC(C)(C)C(=O)OC(C)(C)C1CCCc2ccccc21. The van der Waals surface area contributed by atoms with E-state index in [1.54, 1.807) is 0 Å². The largest absolute Gasteiger partial charge is 0.459 e. The molecule has 1 aromatic rings. The first-order chi connectivity index (χ1) is 9.78. The molecule has 0 saturated heterocycles. The van der Waals surface area contributed by atoms with Crippen LogP contribution in [0.25, 0.3) is 0 Å². The highest BCUT2D eigenvalue weighted by Crippen LogP contribution is 2.41. The second-order valence-electron chi connectivity index (χ2n) is 7.37. The number of hydrogen-bond acceptors (Lipinski definition) is 2. The van der Waals surface area contributed by atoms with Gasteiger partial charge in [0.05, 0.1) is 5.41 Å². The van der Waals surface area contributed by atoms with Crippen molar-refractivity contribution in [3.8, 4) is 0 Å². The van der Waals surface area contributed by atoms with Crippen LogP contribution in [0.4, 0.5) is 0 Å². The average Bonchev–Trinajstić information content (AvgIpc) is 2.46. The number of fused-ring (bicyclic) bond motifs is 1. The van der Waals surface area contributed by atoms with Crippen LogP contribution in [-0.4, -0.2) is 11.6 Å². The van der Waals surface area contributed by atoms with Gasteiger partial charge in [-0.3, -0.25) is 4.79 Å². The number of benzene rings is 1. The molecule has 0 aliphatic heterocycles. The van der Waals surface area contributed by atoms with Crippen LogP contribution >= 0.6 is 0 Å². The molecule has 1 aromatic carbocycles. The van der Waals surface area contributed by atoms with Gasteiger partial charge in [-0.2, -0.15) is 0 Å². The maximum absolute atomic E-state index is 12.4. The van der Waals surface area contributed by atoms with Crippen molar-refractivity contribution in [2.45, 2.75) is 71.8 Å². The standard InChI is InChI=1S/C19H28O2/c1-6-18(2,3)17(20)21-19(4,5)16-13-9-11-14-10-7-8-12-15(14)16/h7-8,10,12,16H,6,9,11,13H2,1-5H3. The lowest BCUT2D eigenvalue weighted by molar-refractivity contribution is -0.170. The van der Waals surface area contributed by atoms with Gasteiger partial charge in [-0.15, -0.1) is 0 Å². The molecule has 1 aliphatic rings. The van der Waals surface area contributed by atoms with E-state index in [1.165, 1.54) is 17.5 Å². The molecule has 0 bridgehead atoms. The number of rotatable bonds is 4. The van der Waals surface area contributed by atoms with Gasteiger partial charge in [0.15, 0.2) is 0 Å². The van der Waals surface area contributed by atoms with E-state index in [9.17, 15) is 4.79 Å². The van der Waals surface area contributed by atoms with Crippen LogP contribution in [0.2, 0.25) is 0 Å². The Labute approximate surface area is 128 Å². The molecule has 116 valence electrons. The number of aryl methyl sites for hydroxylation is 1. The molecule has 0 saturated carbocycles. The monoisotopic (exact) mass is 288 g/mol. The van der Waals surface area contributed by atoms with Crippen LogP contribution < -0.4 is 0 Å². The van der Waals surface area contributed by atoms with E-state index < -0.39 is 11.0 Å². The lowest BCUT2D eigenvalue weighted by Gasteiger charge is -2.39. The third-order valence-electron chi connectivity index (χ3n) is 5.00. The third-order valence-corrected chi connectivity index (χ3v) is 5.00. The van der Waals surface area contributed by atoms with Crippen LogP contribution in [-0.2, 0) is 16.0 Å². The summed E-state index contributed by atoms with van der Waals surface area (Å²) in [6.45, 7) is 10.1. The molecule has 0 radical (unpaired) electrons. The molecule has 2 heteroatoms. The highest BCUT2D eigenvalue weighted by atomic mass is 16.6. The van der Waals surface area contributed by atoms with Gasteiger partial charge in [-0.25, -0.2) is 0 Å². The highest BCUT2D eigenvalue weighted by molar-refractivity contribution is 5.76. The van der Waals surface area contributed by atoms with E-state index in [1.807, 2.05) is 20.8 Å². The van der Waals surface area contributed by atoms with E-state index in [0.29, 0.717) is 5.92 Å². The Morgan fingerprint density at radius 2 is 1.90 bits per heavy atom. The summed E-state index contributed by atoms with van der Waals surface area (Å²) in [6.07, 6.45) is 4.18. The van der Waals surface area contributed by atoms with Crippen molar-refractivity contribution in [1.29, 1.82) is 0 Å². The van der Waals surface area contributed by atoms with Gasteiger partial charge >= 0.3 is 5.97 Å². The third kappa shape index (κ3) is 3.30. The van der Waals surface area contributed by atoms with E-state index in [4.69, 9.17) is 4.74 Å². The van der Waals surface area contributed by atoms with Crippen molar-refractivity contribution in [2.24, 2.45) is 5.41 Å². The van der Waals surface area contributed by atoms with Crippen molar-refractivity contribution in [3.05, 3.63) is 35.4 Å². The Balaban J connectivity index is 2.23. The molecular weight excluding hydrogens is 260 g/mol. The molecule has 2 rings (SSSR count). The maximum Gasteiger partial charge on any atom is 0.312 e. The fourth-order valence-electron chi connectivity index (χ4n) is 3.07. The van der Waals surface area contributed by atoms with Gasteiger partial charge in [0.1, 0.15) is 5.60 Å². The minimum absolute atomic E-state index is 0.0851. The summed E-state index contributed by atoms with van der Waals surface area (Å²) in [5.74, 6) is 0.206. The van der Waals surface area contributed by atoms with Gasteiger partial charge in [0, 0.05) is 5.92 Å². The molecule has 0 spiro atoms. The summed E-state index contributed by atoms with van der Waals surface area (Å²) in [5.41, 5.74) is 1.90. The Morgan fingerprint density at radius 1 is 1.24 bits per heavy atom. The number of hydrogen-bond donors (Lipinski definition) is 0. The Kier molecular flexibility index (Phi) is 4.46. The fraction of sp³-hybridized carbons (Fsp3) is 0.632. The minimum Gasteiger partial charge on any atom is -0.459 e. The summed E-state index contributed by atoms with van der Waals surface area (Å²) in [5, 5.41) is 0. The average molecular weight is 288 g/mol. The molecule has 0 heterocycles. The van der Waals surface area contributed by atoms with E-state index >= 15 is 0 Å². The molecule has 1 aliphatic carbocycles. The first-order valence-electron chi connectivity index (χ1n) is 8.09. The summed E-state index contributed by atoms with van der Waals surface area (Å²) in [4.78, 5) is 12.4. The van der Waals surface area contributed by atoms with Gasteiger partial charge in [0.2, 0.25) is 0 Å². The molecule has 0 amide bonds. The van der Waals surface area contributed by atoms with Crippen LogP contribution in [0, 0.1) is 5.41 Å². The molecular formula is C19H28O2. The van der Waals surface area contributed by atoms with E-state index in [0.717, 1.165) is 19.3 Å². The first-order valence-corrected chi connectivity index (χ1v) is 8.09. The number of ether oxygens (including phenoxy) is 1. The quantitative estimate of drug-likeness (QED) is 0.739. The highest BCUT2D eigenvalue weighted by Gasteiger charge is 2.40. The van der Waals surface area contributed by atoms with Crippen molar-refractivity contribution in [2.75, 3.05) is 0 Å². The Bertz CT molecular complexity index is 514. The lowest BCUT2D eigenvalue weighted by atomic mass is 9.74. The van der Waals surface area contributed by atoms with Crippen LogP contribution in [0.1, 0.15) is 70.9 Å².